The largest absolute Gasteiger partial charge is 0.395 e. The monoisotopic (exact) mass is 242 g/mol. The Morgan fingerprint density at radius 1 is 1.38 bits per heavy atom. The van der Waals surface area contributed by atoms with Crippen molar-refractivity contribution >= 4 is 11.3 Å². The van der Waals surface area contributed by atoms with Gasteiger partial charge in [0.2, 0.25) is 0 Å². The van der Waals surface area contributed by atoms with Gasteiger partial charge in [-0.05, 0) is 19.9 Å². The summed E-state index contributed by atoms with van der Waals surface area (Å²) in [5, 5.41) is 12.3. The molecule has 0 atom stereocenters. The fourth-order valence-corrected chi connectivity index (χ4v) is 2.48. The van der Waals surface area contributed by atoms with Crippen molar-refractivity contribution in [1.29, 1.82) is 0 Å². The molecule has 1 aromatic rings. The highest BCUT2D eigenvalue weighted by molar-refractivity contribution is 7.09. The number of hydrogen-bond donors (Lipinski definition) is 1. The summed E-state index contributed by atoms with van der Waals surface area (Å²) < 4.78 is 0. The molecule has 0 saturated heterocycles. The van der Waals surface area contributed by atoms with E-state index in [-0.39, 0.29) is 6.61 Å². The fraction of sp³-hybridized carbons (Fsp3) is 0.750. The molecule has 0 unspecified atom stereocenters. The van der Waals surface area contributed by atoms with Gasteiger partial charge in [0, 0.05) is 17.6 Å². The predicted molar refractivity (Wildman–Crippen MR) is 68.7 cm³/mol. The van der Waals surface area contributed by atoms with Gasteiger partial charge in [0.25, 0.3) is 0 Å². The van der Waals surface area contributed by atoms with Gasteiger partial charge >= 0.3 is 0 Å². The second kappa shape index (κ2) is 7.76. The van der Waals surface area contributed by atoms with Crippen LogP contribution in [-0.4, -0.2) is 34.7 Å². The van der Waals surface area contributed by atoms with E-state index in [1.54, 1.807) is 11.3 Å². The van der Waals surface area contributed by atoms with E-state index in [1.165, 1.54) is 19.3 Å². The summed E-state index contributed by atoms with van der Waals surface area (Å²) in [6.45, 7) is 7.16. The molecule has 4 heteroatoms. The number of aryl methyl sites for hydroxylation is 1. The first kappa shape index (κ1) is 13.6. The lowest BCUT2D eigenvalue weighted by Crippen LogP contribution is -2.27. The summed E-state index contributed by atoms with van der Waals surface area (Å²) in [5.41, 5.74) is 1.09. The van der Waals surface area contributed by atoms with Crippen LogP contribution in [0.3, 0.4) is 0 Å². The van der Waals surface area contributed by atoms with E-state index in [2.05, 4.69) is 22.2 Å². The van der Waals surface area contributed by atoms with Crippen molar-refractivity contribution in [3.63, 3.8) is 0 Å². The Morgan fingerprint density at radius 3 is 2.75 bits per heavy atom. The molecule has 0 spiro atoms. The lowest BCUT2D eigenvalue weighted by Gasteiger charge is -2.19. The van der Waals surface area contributed by atoms with Crippen LogP contribution in [0.1, 0.15) is 36.9 Å². The third kappa shape index (κ3) is 5.05. The van der Waals surface area contributed by atoms with Gasteiger partial charge in [0.05, 0.1) is 13.2 Å². The Labute approximate surface area is 102 Å². The SMILES string of the molecule is CCCCCN(CCO)Cc1nc(C)cs1. The highest BCUT2D eigenvalue weighted by Crippen LogP contribution is 2.12. The maximum atomic E-state index is 9.02. The summed E-state index contributed by atoms with van der Waals surface area (Å²) in [5.74, 6) is 0. The minimum atomic E-state index is 0.233. The van der Waals surface area contributed by atoms with Gasteiger partial charge in [0.15, 0.2) is 0 Å². The Balaban J connectivity index is 2.37. The molecule has 1 N–H and O–H groups in total. The number of hydrogen-bond acceptors (Lipinski definition) is 4. The van der Waals surface area contributed by atoms with Gasteiger partial charge in [-0.2, -0.15) is 0 Å². The van der Waals surface area contributed by atoms with E-state index < -0.39 is 0 Å². The van der Waals surface area contributed by atoms with Crippen molar-refractivity contribution in [3.05, 3.63) is 16.1 Å². The maximum Gasteiger partial charge on any atom is 0.107 e. The summed E-state index contributed by atoms with van der Waals surface area (Å²) in [4.78, 5) is 6.74. The highest BCUT2D eigenvalue weighted by Gasteiger charge is 2.07. The molecule has 1 aromatic heterocycles. The van der Waals surface area contributed by atoms with Crippen molar-refractivity contribution in [1.82, 2.24) is 9.88 Å². The van der Waals surface area contributed by atoms with E-state index in [0.717, 1.165) is 30.3 Å². The van der Waals surface area contributed by atoms with Gasteiger partial charge in [-0.1, -0.05) is 19.8 Å². The Bertz CT molecular complexity index is 288. The first-order chi connectivity index (χ1) is 7.76. The van der Waals surface area contributed by atoms with E-state index >= 15 is 0 Å². The number of nitrogens with zero attached hydrogens (tertiary/aromatic N) is 2. The second-order valence-corrected chi connectivity index (χ2v) is 5.03. The van der Waals surface area contributed by atoms with Crippen LogP contribution in [0.2, 0.25) is 0 Å². The van der Waals surface area contributed by atoms with E-state index in [4.69, 9.17) is 5.11 Å². The van der Waals surface area contributed by atoms with Crippen molar-refractivity contribution in [2.45, 2.75) is 39.7 Å². The lowest BCUT2D eigenvalue weighted by molar-refractivity contribution is 0.187. The van der Waals surface area contributed by atoms with Gasteiger partial charge in [0.1, 0.15) is 5.01 Å². The third-order valence-corrected chi connectivity index (χ3v) is 3.47. The summed E-state index contributed by atoms with van der Waals surface area (Å²) in [6, 6.07) is 0. The number of rotatable bonds is 8. The van der Waals surface area contributed by atoms with Gasteiger partial charge in [-0.3, -0.25) is 4.90 Å². The van der Waals surface area contributed by atoms with Gasteiger partial charge < -0.3 is 5.11 Å². The molecule has 0 saturated carbocycles. The van der Waals surface area contributed by atoms with Crippen LogP contribution in [0.15, 0.2) is 5.38 Å². The van der Waals surface area contributed by atoms with Crippen LogP contribution in [0.25, 0.3) is 0 Å². The number of thiazole rings is 1. The first-order valence-corrected chi connectivity index (χ1v) is 6.88. The number of unbranched alkanes of at least 4 members (excludes halogenated alkanes) is 2. The third-order valence-electron chi connectivity index (χ3n) is 2.52. The molecule has 0 aliphatic rings. The predicted octanol–water partition coefficient (Wildman–Crippen LogP) is 2.44. The quantitative estimate of drug-likeness (QED) is 0.711. The van der Waals surface area contributed by atoms with Gasteiger partial charge in [-0.15, -0.1) is 11.3 Å². The maximum absolute atomic E-state index is 9.02. The van der Waals surface area contributed by atoms with Crippen molar-refractivity contribution in [2.24, 2.45) is 0 Å². The molecule has 1 rings (SSSR count). The number of aromatic nitrogens is 1. The fourth-order valence-electron chi connectivity index (χ4n) is 1.66. The smallest absolute Gasteiger partial charge is 0.107 e. The van der Waals surface area contributed by atoms with E-state index in [1.807, 2.05) is 6.92 Å². The lowest BCUT2D eigenvalue weighted by atomic mass is 10.2. The Morgan fingerprint density at radius 2 is 2.19 bits per heavy atom. The standard InChI is InChI=1S/C12H22N2OS/c1-3-4-5-6-14(7-8-15)9-12-13-11(2)10-16-12/h10,15H,3-9H2,1-2H3. The summed E-state index contributed by atoms with van der Waals surface area (Å²) >= 11 is 1.71. The molecule has 92 valence electrons. The molecule has 0 bridgehead atoms. The Kier molecular flexibility index (Phi) is 6.61. The average Bonchev–Trinajstić information content (AvgIpc) is 2.65. The molecule has 1 heterocycles. The normalized spacial score (nSPS) is 11.2. The van der Waals surface area contributed by atoms with Crippen molar-refractivity contribution in [2.75, 3.05) is 19.7 Å². The molecule has 0 amide bonds. The molecule has 0 aromatic carbocycles. The number of aliphatic hydroxyl groups is 1. The molecular weight excluding hydrogens is 220 g/mol. The molecule has 0 fully saturated rings. The van der Waals surface area contributed by atoms with Crippen LogP contribution in [0.5, 0.6) is 0 Å². The highest BCUT2D eigenvalue weighted by atomic mass is 32.1. The van der Waals surface area contributed by atoms with Gasteiger partial charge in [-0.25, -0.2) is 4.98 Å². The zero-order chi connectivity index (χ0) is 11.8. The molecule has 16 heavy (non-hydrogen) atoms. The Hall–Kier alpha value is -0.450. The molecule has 0 radical (unpaired) electrons. The zero-order valence-corrected chi connectivity index (χ0v) is 11.1. The zero-order valence-electron chi connectivity index (χ0n) is 10.3. The molecular formula is C12H22N2OS. The number of aliphatic hydroxyl groups excluding tert-OH is 1. The first-order valence-electron chi connectivity index (χ1n) is 6.00. The van der Waals surface area contributed by atoms with Crippen molar-refractivity contribution < 1.29 is 5.11 Å². The van der Waals surface area contributed by atoms with Crippen molar-refractivity contribution in [3.8, 4) is 0 Å². The topological polar surface area (TPSA) is 36.4 Å². The van der Waals surface area contributed by atoms with E-state index in [9.17, 15) is 0 Å². The van der Waals surface area contributed by atoms with Crippen LogP contribution >= 0.6 is 11.3 Å². The minimum Gasteiger partial charge on any atom is -0.395 e. The van der Waals surface area contributed by atoms with Crippen LogP contribution in [0, 0.1) is 6.92 Å². The molecule has 0 aliphatic heterocycles. The average molecular weight is 242 g/mol. The van der Waals surface area contributed by atoms with Crippen LogP contribution < -0.4 is 0 Å². The van der Waals surface area contributed by atoms with Crippen LogP contribution in [0.4, 0.5) is 0 Å². The second-order valence-electron chi connectivity index (χ2n) is 4.09. The van der Waals surface area contributed by atoms with E-state index in [0.29, 0.717) is 0 Å². The van der Waals surface area contributed by atoms with Crippen LogP contribution in [-0.2, 0) is 6.54 Å². The minimum absolute atomic E-state index is 0.233. The summed E-state index contributed by atoms with van der Waals surface area (Å²) in [7, 11) is 0. The molecule has 3 nitrogen and oxygen atoms in total. The molecule has 0 aliphatic carbocycles. The summed E-state index contributed by atoms with van der Waals surface area (Å²) in [6.07, 6.45) is 3.71.